The molecule has 0 heterocycles. The van der Waals surface area contributed by atoms with Gasteiger partial charge in [0, 0.05) is 11.9 Å². The lowest BCUT2D eigenvalue weighted by atomic mass is 9.92. The van der Waals surface area contributed by atoms with Crippen LogP contribution >= 0.6 is 0 Å². The number of phenolic OH excluding ortho intramolecular Hbond substituents is 1. The summed E-state index contributed by atoms with van der Waals surface area (Å²) in [5.74, 6) is -1.36. The molecule has 0 spiro atoms. The molecule has 1 unspecified atom stereocenters. The number of carbonyl (C=O) groups is 1. The van der Waals surface area contributed by atoms with Crippen LogP contribution in [0.4, 0.5) is 0 Å². The number of aliphatic carboxylic acids is 1. The largest absolute Gasteiger partial charge is 0.550 e. The molecule has 0 fully saturated rings. The average molecular weight is 277 g/mol. The van der Waals surface area contributed by atoms with E-state index in [4.69, 9.17) is 0 Å². The van der Waals surface area contributed by atoms with Crippen LogP contribution in [0, 0.1) is 0 Å². The van der Waals surface area contributed by atoms with Crippen molar-refractivity contribution in [1.29, 1.82) is 0 Å². The highest BCUT2D eigenvalue weighted by Gasteiger charge is 2.14. The van der Waals surface area contributed by atoms with Crippen LogP contribution in [0.25, 0.3) is 0 Å². The standard InChI is InChI=1S/C17H26O3/c1-4-6-8-13-10-15(12(3)17(19)20)11-14(16(13)18)9-7-5-2/h10-12,18H,4-9H2,1-3H3,(H,19,20)/p-1. The molecule has 1 aromatic carbocycles. The van der Waals surface area contributed by atoms with Gasteiger partial charge in [-0.1, -0.05) is 45.7 Å². The molecule has 0 bridgehead atoms. The molecule has 0 amide bonds. The Kier molecular flexibility index (Phi) is 6.56. The molecule has 0 aliphatic rings. The third kappa shape index (κ3) is 4.26. The number of hydrogen-bond donors (Lipinski definition) is 1. The number of hydrogen-bond acceptors (Lipinski definition) is 3. The number of rotatable bonds is 8. The molecule has 0 radical (unpaired) electrons. The summed E-state index contributed by atoms with van der Waals surface area (Å²) in [5, 5.41) is 21.4. The first-order chi connectivity index (χ1) is 9.51. The van der Waals surface area contributed by atoms with E-state index in [1.54, 1.807) is 6.92 Å². The minimum atomic E-state index is -1.07. The number of carbonyl (C=O) groups excluding carboxylic acids is 1. The molecule has 0 aliphatic heterocycles. The van der Waals surface area contributed by atoms with Gasteiger partial charge in [-0.3, -0.25) is 0 Å². The third-order valence-corrected chi connectivity index (χ3v) is 3.74. The Labute approximate surface area is 121 Å². The monoisotopic (exact) mass is 277 g/mol. The van der Waals surface area contributed by atoms with Gasteiger partial charge in [0.25, 0.3) is 0 Å². The van der Waals surface area contributed by atoms with Crippen molar-refractivity contribution in [3.63, 3.8) is 0 Å². The number of unbranched alkanes of at least 4 members (excludes halogenated alkanes) is 2. The van der Waals surface area contributed by atoms with Gasteiger partial charge in [-0.05, 0) is 42.4 Å². The van der Waals surface area contributed by atoms with E-state index in [1.807, 2.05) is 12.1 Å². The molecule has 0 aromatic heterocycles. The van der Waals surface area contributed by atoms with Crippen molar-refractivity contribution in [3.05, 3.63) is 28.8 Å². The lowest BCUT2D eigenvalue weighted by molar-refractivity contribution is -0.307. The van der Waals surface area contributed by atoms with Crippen molar-refractivity contribution < 1.29 is 15.0 Å². The normalized spacial score (nSPS) is 12.3. The molecule has 0 saturated carbocycles. The predicted molar refractivity (Wildman–Crippen MR) is 78.8 cm³/mol. The van der Waals surface area contributed by atoms with Crippen LogP contribution in [0.15, 0.2) is 12.1 Å². The maximum atomic E-state index is 11.1. The molecule has 1 aromatic rings. The second-order valence-electron chi connectivity index (χ2n) is 5.44. The van der Waals surface area contributed by atoms with Gasteiger partial charge in [0.05, 0.1) is 0 Å². The van der Waals surface area contributed by atoms with Crippen molar-refractivity contribution in [3.8, 4) is 5.75 Å². The number of benzene rings is 1. The zero-order chi connectivity index (χ0) is 15.1. The summed E-state index contributed by atoms with van der Waals surface area (Å²) >= 11 is 0. The van der Waals surface area contributed by atoms with Crippen molar-refractivity contribution >= 4 is 5.97 Å². The summed E-state index contributed by atoms with van der Waals surface area (Å²) < 4.78 is 0. The predicted octanol–water partition coefficient (Wildman–Crippen LogP) is 2.93. The molecule has 0 saturated heterocycles. The Morgan fingerprint density at radius 1 is 1.15 bits per heavy atom. The number of aromatic hydroxyl groups is 1. The molecule has 3 nitrogen and oxygen atoms in total. The summed E-state index contributed by atoms with van der Waals surface area (Å²) in [6.07, 6.45) is 5.64. The molecule has 1 rings (SSSR count). The van der Waals surface area contributed by atoms with Gasteiger partial charge < -0.3 is 15.0 Å². The van der Waals surface area contributed by atoms with Gasteiger partial charge in [0.15, 0.2) is 0 Å². The number of carboxylic acid groups (broad SMARTS) is 1. The van der Waals surface area contributed by atoms with Gasteiger partial charge in [-0.15, -0.1) is 0 Å². The third-order valence-electron chi connectivity index (χ3n) is 3.74. The van der Waals surface area contributed by atoms with Crippen LogP contribution in [-0.2, 0) is 17.6 Å². The van der Waals surface area contributed by atoms with Gasteiger partial charge >= 0.3 is 0 Å². The molecule has 3 heteroatoms. The molecular weight excluding hydrogens is 252 g/mol. The number of phenols is 1. The molecule has 1 atom stereocenters. The second-order valence-corrected chi connectivity index (χ2v) is 5.44. The Bertz CT molecular complexity index is 423. The summed E-state index contributed by atoms with van der Waals surface area (Å²) in [5.41, 5.74) is 2.46. The molecular formula is C17H25O3-. The number of aryl methyl sites for hydroxylation is 2. The van der Waals surface area contributed by atoms with Gasteiger partial charge in [0.2, 0.25) is 0 Å². The minimum Gasteiger partial charge on any atom is -0.550 e. The number of carboxylic acids is 1. The van der Waals surface area contributed by atoms with E-state index in [0.717, 1.165) is 55.2 Å². The van der Waals surface area contributed by atoms with Crippen molar-refractivity contribution in [1.82, 2.24) is 0 Å². The van der Waals surface area contributed by atoms with E-state index in [9.17, 15) is 15.0 Å². The second kappa shape index (κ2) is 7.93. The van der Waals surface area contributed by atoms with E-state index in [2.05, 4.69) is 13.8 Å². The van der Waals surface area contributed by atoms with Crippen molar-refractivity contribution in [2.75, 3.05) is 0 Å². The maximum Gasteiger partial charge on any atom is 0.121 e. The van der Waals surface area contributed by atoms with Crippen LogP contribution in [0.3, 0.4) is 0 Å². The fourth-order valence-electron chi connectivity index (χ4n) is 2.29. The Balaban J connectivity index is 3.14. The minimum absolute atomic E-state index is 0.348. The van der Waals surface area contributed by atoms with E-state index in [-0.39, 0.29) is 0 Å². The Morgan fingerprint density at radius 2 is 1.60 bits per heavy atom. The molecule has 0 aliphatic carbocycles. The van der Waals surface area contributed by atoms with E-state index >= 15 is 0 Å². The summed E-state index contributed by atoms with van der Waals surface area (Å²) in [6.45, 7) is 5.83. The first-order valence-electron chi connectivity index (χ1n) is 7.56. The maximum absolute atomic E-state index is 11.1. The van der Waals surface area contributed by atoms with Crippen LogP contribution in [-0.4, -0.2) is 11.1 Å². The van der Waals surface area contributed by atoms with Gasteiger partial charge in [-0.2, -0.15) is 0 Å². The summed E-state index contributed by atoms with van der Waals surface area (Å²) in [6, 6.07) is 3.64. The highest BCUT2D eigenvalue weighted by Crippen LogP contribution is 2.30. The van der Waals surface area contributed by atoms with Crippen molar-refractivity contribution in [2.45, 2.75) is 65.2 Å². The molecule has 20 heavy (non-hydrogen) atoms. The van der Waals surface area contributed by atoms with Gasteiger partial charge in [0.1, 0.15) is 5.75 Å². The first-order valence-corrected chi connectivity index (χ1v) is 7.56. The SMILES string of the molecule is CCCCc1cc(C(C)C(=O)[O-])cc(CCCC)c1O. The van der Waals surface area contributed by atoms with Crippen LogP contribution in [0.2, 0.25) is 0 Å². The average Bonchev–Trinajstić information content (AvgIpc) is 2.43. The summed E-state index contributed by atoms with van der Waals surface area (Å²) in [7, 11) is 0. The highest BCUT2D eigenvalue weighted by atomic mass is 16.4. The van der Waals surface area contributed by atoms with E-state index in [0.29, 0.717) is 5.75 Å². The highest BCUT2D eigenvalue weighted by molar-refractivity contribution is 5.74. The van der Waals surface area contributed by atoms with Crippen LogP contribution < -0.4 is 5.11 Å². The summed E-state index contributed by atoms with van der Waals surface area (Å²) in [4.78, 5) is 11.1. The van der Waals surface area contributed by atoms with Crippen LogP contribution in [0.5, 0.6) is 5.75 Å². The Morgan fingerprint density at radius 3 is 1.95 bits per heavy atom. The van der Waals surface area contributed by atoms with Crippen LogP contribution in [0.1, 0.15) is 69.1 Å². The molecule has 112 valence electrons. The van der Waals surface area contributed by atoms with E-state index < -0.39 is 11.9 Å². The van der Waals surface area contributed by atoms with Gasteiger partial charge in [-0.25, -0.2) is 0 Å². The lowest BCUT2D eigenvalue weighted by Crippen LogP contribution is -2.28. The fourth-order valence-corrected chi connectivity index (χ4v) is 2.29. The first kappa shape index (κ1) is 16.5. The van der Waals surface area contributed by atoms with Crippen molar-refractivity contribution in [2.24, 2.45) is 0 Å². The smallest absolute Gasteiger partial charge is 0.121 e. The lowest BCUT2D eigenvalue weighted by Gasteiger charge is -2.18. The molecule has 1 N–H and O–H groups in total. The Hall–Kier alpha value is -1.51. The topological polar surface area (TPSA) is 60.4 Å². The van der Waals surface area contributed by atoms with E-state index in [1.165, 1.54) is 0 Å². The zero-order valence-corrected chi connectivity index (χ0v) is 12.7. The fraction of sp³-hybridized carbons (Fsp3) is 0.588. The zero-order valence-electron chi connectivity index (χ0n) is 12.7. The quantitative estimate of drug-likeness (QED) is 0.794.